The summed E-state index contributed by atoms with van der Waals surface area (Å²) in [4.78, 5) is 0. The molecule has 1 N–H and O–H groups in total. The Bertz CT molecular complexity index is 424. The zero-order valence-corrected chi connectivity index (χ0v) is 12.6. The lowest BCUT2D eigenvalue weighted by Gasteiger charge is -2.19. The molecule has 2 rings (SSSR count). The van der Waals surface area contributed by atoms with E-state index < -0.39 is 0 Å². The van der Waals surface area contributed by atoms with E-state index in [4.69, 9.17) is 18.9 Å². The summed E-state index contributed by atoms with van der Waals surface area (Å²) in [6, 6.07) is 4.11. The number of hydrogen-bond acceptors (Lipinski definition) is 5. The molecule has 0 aliphatic carbocycles. The highest BCUT2D eigenvalue weighted by atomic mass is 16.5. The van der Waals surface area contributed by atoms with Crippen LogP contribution in [0.25, 0.3) is 0 Å². The quantitative estimate of drug-likeness (QED) is 0.864. The summed E-state index contributed by atoms with van der Waals surface area (Å²) in [6.07, 6.45) is 1.27. The highest BCUT2D eigenvalue weighted by molar-refractivity contribution is 5.50. The molecule has 1 heterocycles. The van der Waals surface area contributed by atoms with Crippen LogP contribution >= 0.6 is 0 Å². The maximum Gasteiger partial charge on any atom is 0.130 e. The molecule has 2 atom stereocenters. The van der Waals surface area contributed by atoms with Crippen molar-refractivity contribution in [3.8, 4) is 17.2 Å². The lowest BCUT2D eigenvalue weighted by molar-refractivity contribution is 0.113. The average molecular weight is 281 g/mol. The number of ether oxygens (including phenoxy) is 4. The summed E-state index contributed by atoms with van der Waals surface area (Å²) in [7, 11) is 4.93. The molecule has 2 unspecified atom stereocenters. The second-order valence-electron chi connectivity index (χ2n) is 4.86. The van der Waals surface area contributed by atoms with Crippen molar-refractivity contribution in [2.75, 3.05) is 27.9 Å². The van der Waals surface area contributed by atoms with Crippen LogP contribution in [0.5, 0.6) is 17.2 Å². The topological polar surface area (TPSA) is 49.0 Å². The van der Waals surface area contributed by atoms with E-state index in [2.05, 4.69) is 12.2 Å². The van der Waals surface area contributed by atoms with Crippen molar-refractivity contribution in [3.05, 3.63) is 17.7 Å². The maximum atomic E-state index is 5.56. The normalized spacial score (nSPS) is 21.8. The molecule has 0 aromatic heterocycles. The number of benzene rings is 1. The van der Waals surface area contributed by atoms with Crippen molar-refractivity contribution in [2.24, 2.45) is 0 Å². The number of nitrogens with one attached hydrogen (secondary N) is 1. The highest BCUT2D eigenvalue weighted by Gasteiger charge is 2.24. The van der Waals surface area contributed by atoms with Gasteiger partial charge in [-0.15, -0.1) is 0 Å². The van der Waals surface area contributed by atoms with Gasteiger partial charge in [-0.05, 0) is 13.3 Å². The van der Waals surface area contributed by atoms with Gasteiger partial charge in [-0.2, -0.15) is 0 Å². The fourth-order valence-corrected chi connectivity index (χ4v) is 2.49. The van der Waals surface area contributed by atoms with Gasteiger partial charge in [0.05, 0.1) is 33.0 Å². The predicted molar refractivity (Wildman–Crippen MR) is 76.8 cm³/mol. The van der Waals surface area contributed by atoms with E-state index in [9.17, 15) is 0 Å². The minimum Gasteiger partial charge on any atom is -0.496 e. The molecule has 0 bridgehead atoms. The summed E-state index contributed by atoms with van der Waals surface area (Å²) >= 11 is 0. The molecule has 0 amide bonds. The fourth-order valence-electron chi connectivity index (χ4n) is 2.49. The third kappa shape index (κ3) is 3.16. The molecule has 112 valence electrons. The summed E-state index contributed by atoms with van der Waals surface area (Å²) in [5.41, 5.74) is 0.995. The molecule has 0 saturated carbocycles. The molecule has 1 aliphatic heterocycles. The van der Waals surface area contributed by atoms with Crippen molar-refractivity contribution in [3.63, 3.8) is 0 Å². The Morgan fingerprint density at radius 3 is 2.25 bits per heavy atom. The molecular formula is C15H23NO4. The lowest BCUT2D eigenvalue weighted by atomic mass is 10.1. The largest absolute Gasteiger partial charge is 0.496 e. The molecule has 5 heteroatoms. The molecule has 1 aromatic carbocycles. The first-order valence-electron chi connectivity index (χ1n) is 6.83. The summed E-state index contributed by atoms with van der Waals surface area (Å²) in [5.74, 6) is 2.25. The van der Waals surface area contributed by atoms with Crippen LogP contribution in [0.15, 0.2) is 12.1 Å². The van der Waals surface area contributed by atoms with Crippen molar-refractivity contribution in [1.29, 1.82) is 0 Å². The van der Waals surface area contributed by atoms with Gasteiger partial charge >= 0.3 is 0 Å². The maximum absolute atomic E-state index is 5.56. The smallest absolute Gasteiger partial charge is 0.130 e. The molecule has 0 radical (unpaired) electrons. The zero-order valence-electron chi connectivity index (χ0n) is 12.6. The van der Waals surface area contributed by atoms with Gasteiger partial charge in [-0.25, -0.2) is 0 Å². The standard InChI is InChI=1S/C15H23NO4/c1-10-13(5-6-20-10)16-9-12-14(18-3)7-11(17-2)8-15(12)19-4/h7-8,10,13,16H,5-6,9H2,1-4H3. The van der Waals surface area contributed by atoms with Crippen LogP contribution in [0.4, 0.5) is 0 Å². The van der Waals surface area contributed by atoms with E-state index in [-0.39, 0.29) is 6.10 Å². The fraction of sp³-hybridized carbons (Fsp3) is 0.600. The second kappa shape index (κ2) is 6.81. The monoisotopic (exact) mass is 281 g/mol. The average Bonchev–Trinajstić information content (AvgIpc) is 2.89. The van der Waals surface area contributed by atoms with E-state index in [0.717, 1.165) is 35.8 Å². The zero-order chi connectivity index (χ0) is 14.5. The number of hydrogen-bond donors (Lipinski definition) is 1. The van der Waals surface area contributed by atoms with E-state index in [0.29, 0.717) is 12.6 Å². The van der Waals surface area contributed by atoms with E-state index in [1.807, 2.05) is 12.1 Å². The Kier molecular flexibility index (Phi) is 5.09. The van der Waals surface area contributed by atoms with Gasteiger partial charge in [0.25, 0.3) is 0 Å². The summed E-state index contributed by atoms with van der Waals surface area (Å²) in [6.45, 7) is 3.58. The highest BCUT2D eigenvalue weighted by Crippen LogP contribution is 2.34. The van der Waals surface area contributed by atoms with Gasteiger partial charge in [0, 0.05) is 31.3 Å². The predicted octanol–water partition coefficient (Wildman–Crippen LogP) is 1.98. The Morgan fingerprint density at radius 2 is 1.80 bits per heavy atom. The van der Waals surface area contributed by atoms with Crippen LogP contribution in [0, 0.1) is 0 Å². The number of rotatable bonds is 6. The lowest BCUT2D eigenvalue weighted by Crippen LogP contribution is -2.34. The van der Waals surface area contributed by atoms with Crippen molar-refractivity contribution in [1.82, 2.24) is 5.32 Å². The van der Waals surface area contributed by atoms with E-state index in [1.54, 1.807) is 21.3 Å². The van der Waals surface area contributed by atoms with E-state index in [1.165, 1.54) is 0 Å². The third-order valence-electron chi connectivity index (χ3n) is 3.73. The molecular weight excluding hydrogens is 258 g/mol. The van der Waals surface area contributed by atoms with Crippen LogP contribution in [-0.4, -0.2) is 40.1 Å². The van der Waals surface area contributed by atoms with Gasteiger partial charge < -0.3 is 24.3 Å². The van der Waals surface area contributed by atoms with Crippen LogP contribution in [-0.2, 0) is 11.3 Å². The first-order chi connectivity index (χ1) is 9.69. The Morgan fingerprint density at radius 1 is 1.15 bits per heavy atom. The van der Waals surface area contributed by atoms with Crippen molar-refractivity contribution in [2.45, 2.75) is 32.0 Å². The minimum atomic E-state index is 0.241. The van der Waals surface area contributed by atoms with Crippen LogP contribution in [0.3, 0.4) is 0 Å². The van der Waals surface area contributed by atoms with E-state index >= 15 is 0 Å². The SMILES string of the molecule is COc1cc(OC)c(CNC2CCOC2C)c(OC)c1. The Labute approximate surface area is 120 Å². The van der Waals surface area contributed by atoms with Crippen LogP contribution < -0.4 is 19.5 Å². The summed E-state index contributed by atoms with van der Waals surface area (Å²) < 4.78 is 21.7. The molecule has 0 spiro atoms. The molecule has 1 aliphatic rings. The van der Waals surface area contributed by atoms with Crippen molar-refractivity contribution >= 4 is 0 Å². The van der Waals surface area contributed by atoms with Gasteiger partial charge in [0.2, 0.25) is 0 Å². The van der Waals surface area contributed by atoms with Gasteiger partial charge in [-0.3, -0.25) is 0 Å². The van der Waals surface area contributed by atoms with Crippen LogP contribution in [0.2, 0.25) is 0 Å². The van der Waals surface area contributed by atoms with Crippen LogP contribution in [0.1, 0.15) is 18.9 Å². The van der Waals surface area contributed by atoms with Gasteiger partial charge in [0.15, 0.2) is 0 Å². The molecule has 1 fully saturated rings. The molecule has 20 heavy (non-hydrogen) atoms. The molecule has 1 aromatic rings. The first kappa shape index (κ1) is 14.9. The Hall–Kier alpha value is -1.46. The third-order valence-corrected chi connectivity index (χ3v) is 3.73. The minimum absolute atomic E-state index is 0.241. The van der Waals surface area contributed by atoms with Crippen molar-refractivity contribution < 1.29 is 18.9 Å². The second-order valence-corrected chi connectivity index (χ2v) is 4.86. The van der Waals surface area contributed by atoms with Gasteiger partial charge in [0.1, 0.15) is 17.2 Å². The summed E-state index contributed by atoms with van der Waals surface area (Å²) in [5, 5.41) is 3.51. The molecule has 1 saturated heterocycles. The Balaban J connectivity index is 2.16. The number of methoxy groups -OCH3 is 3. The molecule has 5 nitrogen and oxygen atoms in total. The van der Waals surface area contributed by atoms with Gasteiger partial charge in [-0.1, -0.05) is 0 Å². The first-order valence-corrected chi connectivity index (χ1v) is 6.83.